The van der Waals surface area contributed by atoms with E-state index in [4.69, 9.17) is 9.47 Å². The molecule has 0 heterocycles. The molecule has 0 saturated heterocycles. The van der Waals surface area contributed by atoms with E-state index in [-0.39, 0.29) is 31.6 Å². The highest BCUT2D eigenvalue weighted by Crippen LogP contribution is 2.11. The van der Waals surface area contributed by atoms with Crippen LogP contribution in [0.15, 0.2) is 122 Å². The van der Waals surface area contributed by atoms with E-state index in [9.17, 15) is 14.7 Å². The number of hydrogen-bond acceptors (Lipinski definition) is 5. The van der Waals surface area contributed by atoms with E-state index in [0.717, 1.165) is 103 Å². The molecule has 1 unspecified atom stereocenters. The van der Waals surface area contributed by atoms with Gasteiger partial charge in [-0.3, -0.25) is 9.59 Å². The van der Waals surface area contributed by atoms with Crippen LogP contribution in [0.1, 0.15) is 155 Å². The van der Waals surface area contributed by atoms with Crippen molar-refractivity contribution in [3.8, 4) is 0 Å². The summed E-state index contributed by atoms with van der Waals surface area (Å²) in [6.45, 7) is 3.84. The first kappa shape index (κ1) is 50.3. The lowest BCUT2D eigenvalue weighted by molar-refractivity contribution is -0.161. The van der Waals surface area contributed by atoms with Crippen LogP contribution in [0.4, 0.5) is 0 Å². The maximum atomic E-state index is 12.2. The molecule has 302 valence electrons. The van der Waals surface area contributed by atoms with Crippen molar-refractivity contribution in [3.05, 3.63) is 122 Å². The van der Waals surface area contributed by atoms with Crippen molar-refractivity contribution < 1.29 is 24.2 Å². The average Bonchev–Trinajstić information content (AvgIpc) is 3.17. The number of aliphatic hydroxyl groups excluding tert-OH is 1. The molecule has 0 radical (unpaired) electrons. The quantitative estimate of drug-likeness (QED) is 0.0393. The van der Waals surface area contributed by atoms with E-state index in [1.54, 1.807) is 0 Å². The number of rotatable bonds is 36. The molecule has 0 aromatic heterocycles. The van der Waals surface area contributed by atoms with E-state index < -0.39 is 6.10 Å². The summed E-state index contributed by atoms with van der Waals surface area (Å²) in [5.74, 6) is -0.671. The van der Waals surface area contributed by atoms with Gasteiger partial charge < -0.3 is 14.6 Å². The van der Waals surface area contributed by atoms with Crippen LogP contribution >= 0.6 is 0 Å². The van der Waals surface area contributed by atoms with Gasteiger partial charge in [-0.2, -0.15) is 0 Å². The van der Waals surface area contributed by atoms with Crippen LogP contribution in [0, 0.1) is 0 Å². The lowest BCUT2D eigenvalue weighted by Gasteiger charge is -2.15. The van der Waals surface area contributed by atoms with Gasteiger partial charge >= 0.3 is 11.9 Å². The van der Waals surface area contributed by atoms with E-state index in [0.29, 0.717) is 12.8 Å². The minimum atomic E-state index is -0.810. The van der Waals surface area contributed by atoms with Crippen LogP contribution in [0.5, 0.6) is 0 Å². The zero-order valence-corrected chi connectivity index (χ0v) is 34.2. The van der Waals surface area contributed by atoms with Gasteiger partial charge in [-0.05, 0) is 103 Å². The fourth-order valence-electron chi connectivity index (χ4n) is 5.13. The Bertz CT molecular complexity index is 1160. The number of unbranched alkanes of at least 4 members (excludes halogenated alkanes) is 8. The molecule has 0 fully saturated rings. The Morgan fingerprint density at radius 2 is 0.741 bits per heavy atom. The van der Waals surface area contributed by atoms with Crippen LogP contribution < -0.4 is 0 Å². The normalized spacial score (nSPS) is 13.5. The highest BCUT2D eigenvalue weighted by Gasteiger charge is 2.16. The highest BCUT2D eigenvalue weighted by atomic mass is 16.6. The summed E-state index contributed by atoms with van der Waals surface area (Å²) in [6.07, 6.45) is 64.0. The Morgan fingerprint density at radius 1 is 0.426 bits per heavy atom. The molecule has 0 saturated carbocycles. The van der Waals surface area contributed by atoms with Crippen molar-refractivity contribution in [1.29, 1.82) is 0 Å². The van der Waals surface area contributed by atoms with Gasteiger partial charge in [-0.15, -0.1) is 0 Å². The first-order chi connectivity index (χ1) is 26.6. The van der Waals surface area contributed by atoms with E-state index in [1.807, 2.05) is 0 Å². The largest absolute Gasteiger partial charge is 0.462 e. The van der Waals surface area contributed by atoms with Gasteiger partial charge in [0.15, 0.2) is 6.10 Å². The van der Waals surface area contributed by atoms with E-state index in [1.165, 1.54) is 19.3 Å². The van der Waals surface area contributed by atoms with Gasteiger partial charge in [0.1, 0.15) is 6.61 Å². The highest BCUT2D eigenvalue weighted by molar-refractivity contribution is 5.70. The molecular formula is C49H76O5. The van der Waals surface area contributed by atoms with Gasteiger partial charge in [0.2, 0.25) is 0 Å². The number of allylic oxidation sites excluding steroid dienone is 20. The summed E-state index contributed by atoms with van der Waals surface area (Å²) in [5.41, 5.74) is 0. The second-order valence-corrected chi connectivity index (χ2v) is 13.3. The third-order valence-corrected chi connectivity index (χ3v) is 8.25. The SMILES string of the molecule is CC/C=C\C/C=C\C/C=C\C/C=C\C/C=C\C/C=C\CCCCC(=O)OC(CO)COC(=O)CCCCCCCC/C=C\C/C=C\C/C=C\C/C=C\CC. The molecule has 0 spiro atoms. The topological polar surface area (TPSA) is 72.8 Å². The lowest BCUT2D eigenvalue weighted by Crippen LogP contribution is -2.28. The van der Waals surface area contributed by atoms with Crippen LogP contribution in [0.2, 0.25) is 0 Å². The molecule has 0 amide bonds. The van der Waals surface area contributed by atoms with Crippen molar-refractivity contribution in [3.63, 3.8) is 0 Å². The summed E-state index contributed by atoms with van der Waals surface area (Å²) >= 11 is 0. The predicted molar refractivity (Wildman–Crippen MR) is 232 cm³/mol. The summed E-state index contributed by atoms with van der Waals surface area (Å²) in [5, 5.41) is 9.58. The number of carbonyl (C=O) groups is 2. The molecule has 0 aliphatic carbocycles. The number of carbonyl (C=O) groups excluding carboxylic acids is 2. The van der Waals surface area contributed by atoms with Crippen molar-refractivity contribution in [1.82, 2.24) is 0 Å². The predicted octanol–water partition coefficient (Wildman–Crippen LogP) is 13.6. The third-order valence-electron chi connectivity index (χ3n) is 8.25. The van der Waals surface area contributed by atoms with E-state index >= 15 is 0 Å². The van der Waals surface area contributed by atoms with Gasteiger partial charge in [-0.1, -0.05) is 161 Å². The van der Waals surface area contributed by atoms with Gasteiger partial charge in [-0.25, -0.2) is 0 Å². The summed E-state index contributed by atoms with van der Waals surface area (Å²) in [6, 6.07) is 0. The first-order valence-electron chi connectivity index (χ1n) is 21.1. The summed E-state index contributed by atoms with van der Waals surface area (Å²) in [4.78, 5) is 24.3. The number of ether oxygens (including phenoxy) is 2. The minimum absolute atomic E-state index is 0.100. The van der Waals surface area contributed by atoms with Crippen LogP contribution in [0.3, 0.4) is 0 Å². The molecule has 0 bridgehead atoms. The number of aliphatic hydroxyl groups is 1. The molecule has 0 aromatic rings. The maximum Gasteiger partial charge on any atom is 0.306 e. The summed E-state index contributed by atoms with van der Waals surface area (Å²) < 4.78 is 10.6. The molecule has 1 atom stereocenters. The van der Waals surface area contributed by atoms with Crippen LogP contribution in [-0.4, -0.2) is 36.4 Å². The molecule has 0 aromatic carbocycles. The second kappa shape index (κ2) is 43.7. The third kappa shape index (κ3) is 41.1. The van der Waals surface area contributed by atoms with Crippen molar-refractivity contribution in [2.75, 3.05) is 13.2 Å². The minimum Gasteiger partial charge on any atom is -0.462 e. The van der Waals surface area contributed by atoms with Crippen LogP contribution in [-0.2, 0) is 19.1 Å². The van der Waals surface area contributed by atoms with Crippen molar-refractivity contribution in [2.45, 2.75) is 161 Å². The Kier molecular flexibility index (Phi) is 40.7. The zero-order chi connectivity index (χ0) is 39.3. The fourth-order valence-corrected chi connectivity index (χ4v) is 5.13. The standard InChI is InChI=1S/C49H76O5/c1-3-5-7-9-11-13-15-17-19-21-23-24-26-28-30-32-34-36-38-40-42-44-49(52)54-47(45-50)46-53-48(51)43-41-39-37-35-33-31-29-27-25-22-20-18-16-14-12-10-8-6-4-2/h5-8,11-14,17-20,23-25,27-28,30,34,36,47,50H,3-4,9-10,15-16,21-22,26,29,31-33,35,37-46H2,1-2H3/b7-5-,8-6-,13-11-,14-12-,19-17-,20-18-,24-23-,27-25-,30-28-,36-34-. The monoisotopic (exact) mass is 745 g/mol. The molecule has 1 N–H and O–H groups in total. The molecular weight excluding hydrogens is 669 g/mol. The Balaban J connectivity index is 3.72. The lowest BCUT2D eigenvalue weighted by atomic mass is 10.1. The second-order valence-electron chi connectivity index (χ2n) is 13.3. The van der Waals surface area contributed by atoms with Gasteiger partial charge in [0, 0.05) is 12.8 Å². The molecule has 0 aliphatic heterocycles. The summed E-state index contributed by atoms with van der Waals surface area (Å²) in [7, 11) is 0. The Morgan fingerprint density at radius 3 is 1.15 bits per heavy atom. The van der Waals surface area contributed by atoms with Crippen LogP contribution in [0.25, 0.3) is 0 Å². The smallest absolute Gasteiger partial charge is 0.306 e. The van der Waals surface area contributed by atoms with E-state index in [2.05, 4.69) is 135 Å². The van der Waals surface area contributed by atoms with Gasteiger partial charge in [0.25, 0.3) is 0 Å². The number of hydrogen-bond donors (Lipinski definition) is 1. The Labute approximate surface area is 331 Å². The first-order valence-corrected chi connectivity index (χ1v) is 21.1. The van der Waals surface area contributed by atoms with Gasteiger partial charge in [0.05, 0.1) is 6.61 Å². The zero-order valence-electron chi connectivity index (χ0n) is 34.2. The molecule has 5 heteroatoms. The maximum absolute atomic E-state index is 12.2. The van der Waals surface area contributed by atoms with Crippen molar-refractivity contribution >= 4 is 11.9 Å². The fraction of sp³-hybridized carbons (Fsp3) is 0.551. The number of esters is 2. The average molecular weight is 745 g/mol. The molecule has 5 nitrogen and oxygen atoms in total. The Hall–Kier alpha value is -3.70. The molecule has 54 heavy (non-hydrogen) atoms. The van der Waals surface area contributed by atoms with Crippen molar-refractivity contribution in [2.24, 2.45) is 0 Å². The molecule has 0 aliphatic rings. The molecule has 0 rings (SSSR count).